The van der Waals surface area contributed by atoms with Gasteiger partial charge in [-0.25, -0.2) is 4.79 Å². The maximum absolute atomic E-state index is 12.8. The first-order valence-corrected chi connectivity index (χ1v) is 10.3. The molecule has 0 fully saturated rings. The smallest absolute Gasteiger partial charge is 0.340 e. The number of hydrogen-bond donors (Lipinski definition) is 1. The summed E-state index contributed by atoms with van der Waals surface area (Å²) in [5, 5.41) is 10.2. The van der Waals surface area contributed by atoms with E-state index in [1.165, 1.54) is 12.1 Å². The van der Waals surface area contributed by atoms with Gasteiger partial charge in [-0.05, 0) is 30.3 Å². The minimum Gasteiger partial charge on any atom is -0.507 e. The standard InChI is InChI=1S/C23H13BrO7/c24-10-20(27)29-12-5-6-16-19(9-12)30-21-14(11-25)18(26)8-7-17(21)23(16)15-4-2-1-3-13(15)22(28)31-23/h1-9,11,26H,10H2. The van der Waals surface area contributed by atoms with Crippen LogP contribution >= 0.6 is 15.9 Å². The van der Waals surface area contributed by atoms with Gasteiger partial charge in [-0.1, -0.05) is 34.1 Å². The Morgan fingerprint density at radius 3 is 2.65 bits per heavy atom. The van der Waals surface area contributed by atoms with Crippen LogP contribution in [0.5, 0.6) is 23.0 Å². The van der Waals surface area contributed by atoms with Crippen LogP contribution < -0.4 is 9.47 Å². The summed E-state index contributed by atoms with van der Waals surface area (Å²) in [4.78, 5) is 36.2. The Morgan fingerprint density at radius 2 is 1.87 bits per heavy atom. The topological polar surface area (TPSA) is 99.1 Å². The second-order valence-electron chi connectivity index (χ2n) is 6.98. The number of halogens is 1. The van der Waals surface area contributed by atoms with Crippen LogP contribution in [0.25, 0.3) is 0 Å². The minimum atomic E-state index is -1.39. The number of aldehydes is 1. The highest BCUT2D eigenvalue weighted by Gasteiger charge is 2.54. The molecule has 2 heterocycles. The molecule has 1 atom stereocenters. The van der Waals surface area contributed by atoms with Crippen LogP contribution in [0.2, 0.25) is 0 Å². The van der Waals surface area contributed by atoms with Crippen LogP contribution in [0.3, 0.4) is 0 Å². The number of carbonyl (C=O) groups excluding carboxylic acids is 3. The second kappa shape index (κ2) is 6.95. The third kappa shape index (κ3) is 2.68. The third-order valence-electron chi connectivity index (χ3n) is 5.33. The Hall–Kier alpha value is -3.65. The van der Waals surface area contributed by atoms with Gasteiger partial charge in [0.05, 0.1) is 11.1 Å². The Bertz CT molecular complexity index is 1280. The van der Waals surface area contributed by atoms with Crippen LogP contribution in [-0.4, -0.2) is 28.7 Å². The maximum Gasteiger partial charge on any atom is 0.340 e. The van der Waals surface area contributed by atoms with Crippen molar-refractivity contribution in [2.75, 3.05) is 5.33 Å². The van der Waals surface area contributed by atoms with Crippen molar-refractivity contribution in [3.05, 3.63) is 82.4 Å². The van der Waals surface area contributed by atoms with Crippen molar-refractivity contribution in [2.45, 2.75) is 5.60 Å². The number of benzene rings is 3. The highest BCUT2D eigenvalue weighted by Crippen LogP contribution is 2.57. The van der Waals surface area contributed by atoms with Crippen molar-refractivity contribution in [3.63, 3.8) is 0 Å². The number of phenols is 1. The highest BCUT2D eigenvalue weighted by molar-refractivity contribution is 9.09. The van der Waals surface area contributed by atoms with Crippen LogP contribution in [0.4, 0.5) is 0 Å². The summed E-state index contributed by atoms with van der Waals surface area (Å²) in [5.74, 6) is -0.791. The number of fused-ring (bicyclic) bond motifs is 6. The molecule has 0 saturated carbocycles. The Labute approximate surface area is 184 Å². The number of ether oxygens (including phenoxy) is 3. The average Bonchev–Trinajstić information content (AvgIpc) is 3.07. The van der Waals surface area contributed by atoms with E-state index in [1.807, 2.05) is 0 Å². The lowest BCUT2D eigenvalue weighted by atomic mass is 9.77. The molecule has 0 bridgehead atoms. The fourth-order valence-electron chi connectivity index (χ4n) is 4.06. The molecule has 154 valence electrons. The number of hydrogen-bond acceptors (Lipinski definition) is 7. The first kappa shape index (κ1) is 19.3. The van der Waals surface area contributed by atoms with Crippen molar-refractivity contribution < 1.29 is 33.7 Å². The van der Waals surface area contributed by atoms with E-state index in [0.29, 0.717) is 28.5 Å². The first-order valence-electron chi connectivity index (χ1n) is 9.23. The molecule has 1 spiro atoms. The van der Waals surface area contributed by atoms with Crippen molar-refractivity contribution in [1.82, 2.24) is 0 Å². The zero-order chi connectivity index (χ0) is 21.8. The van der Waals surface area contributed by atoms with Gasteiger partial charge in [0, 0.05) is 22.8 Å². The largest absolute Gasteiger partial charge is 0.507 e. The predicted octanol–water partition coefficient (Wildman–Crippen LogP) is 4.07. The molecule has 1 N–H and O–H groups in total. The summed E-state index contributed by atoms with van der Waals surface area (Å²) in [6.45, 7) is 0. The minimum absolute atomic E-state index is 0.00582. The van der Waals surface area contributed by atoms with Crippen LogP contribution in [0, 0.1) is 0 Å². The lowest BCUT2D eigenvalue weighted by molar-refractivity contribution is -0.131. The van der Waals surface area contributed by atoms with Gasteiger partial charge in [-0.15, -0.1) is 0 Å². The summed E-state index contributed by atoms with van der Waals surface area (Å²) < 4.78 is 17.2. The van der Waals surface area contributed by atoms with Gasteiger partial charge < -0.3 is 19.3 Å². The maximum atomic E-state index is 12.8. The number of carbonyl (C=O) groups is 3. The molecule has 0 saturated heterocycles. The van der Waals surface area contributed by atoms with Crippen molar-refractivity contribution in [3.8, 4) is 23.0 Å². The monoisotopic (exact) mass is 480 g/mol. The molecule has 3 aromatic rings. The quantitative estimate of drug-likeness (QED) is 0.261. The molecular formula is C23H13BrO7. The Kier molecular flexibility index (Phi) is 4.33. The molecule has 3 aromatic carbocycles. The molecule has 0 amide bonds. The Balaban J connectivity index is 1.82. The summed E-state index contributed by atoms with van der Waals surface area (Å²) in [7, 11) is 0. The van der Waals surface area contributed by atoms with E-state index in [2.05, 4.69) is 15.9 Å². The second-order valence-corrected chi connectivity index (χ2v) is 7.54. The van der Waals surface area contributed by atoms with Gasteiger partial charge >= 0.3 is 11.9 Å². The van der Waals surface area contributed by atoms with Crippen LogP contribution in [-0.2, 0) is 15.1 Å². The summed E-state index contributed by atoms with van der Waals surface area (Å²) in [6, 6.07) is 14.6. The third-order valence-corrected chi connectivity index (χ3v) is 5.79. The Morgan fingerprint density at radius 1 is 1.10 bits per heavy atom. The fraction of sp³-hybridized carbons (Fsp3) is 0.0870. The molecule has 5 rings (SSSR count). The molecule has 1 unspecified atom stereocenters. The summed E-state index contributed by atoms with van der Waals surface area (Å²) >= 11 is 3.04. The van der Waals surface area contributed by atoms with Crippen molar-refractivity contribution in [1.29, 1.82) is 0 Å². The number of phenolic OH excluding ortho intramolecular Hbond substituents is 1. The number of aromatic hydroxyl groups is 1. The van der Waals surface area contributed by atoms with Gasteiger partial charge in [-0.3, -0.25) is 9.59 Å². The van der Waals surface area contributed by atoms with Gasteiger partial charge in [0.25, 0.3) is 0 Å². The van der Waals surface area contributed by atoms with E-state index in [4.69, 9.17) is 14.2 Å². The number of esters is 2. The number of rotatable bonds is 3. The van der Waals surface area contributed by atoms with E-state index in [-0.39, 0.29) is 33.9 Å². The summed E-state index contributed by atoms with van der Waals surface area (Å²) in [6.07, 6.45) is 0.476. The molecule has 31 heavy (non-hydrogen) atoms. The van der Waals surface area contributed by atoms with E-state index in [9.17, 15) is 19.5 Å². The molecule has 2 aliphatic heterocycles. The predicted molar refractivity (Wildman–Crippen MR) is 111 cm³/mol. The van der Waals surface area contributed by atoms with Crippen LogP contribution in [0.15, 0.2) is 54.6 Å². The molecule has 0 aromatic heterocycles. The van der Waals surface area contributed by atoms with Crippen molar-refractivity contribution >= 4 is 34.2 Å². The van der Waals surface area contributed by atoms with Crippen LogP contribution in [0.1, 0.15) is 37.4 Å². The first-order chi connectivity index (χ1) is 15.0. The van der Waals surface area contributed by atoms with E-state index in [0.717, 1.165) is 0 Å². The molecule has 7 nitrogen and oxygen atoms in total. The SMILES string of the molecule is O=Cc1c(O)ccc2c1Oc1cc(OC(=O)CBr)ccc1C21OC(=O)c2ccccc21. The summed E-state index contributed by atoms with van der Waals surface area (Å²) in [5.41, 5.74) is 0.407. The lowest BCUT2D eigenvalue weighted by Crippen LogP contribution is -2.33. The zero-order valence-corrected chi connectivity index (χ0v) is 17.3. The molecule has 0 radical (unpaired) electrons. The zero-order valence-electron chi connectivity index (χ0n) is 15.8. The number of alkyl halides is 1. The van der Waals surface area contributed by atoms with Crippen molar-refractivity contribution in [2.24, 2.45) is 0 Å². The van der Waals surface area contributed by atoms with Gasteiger partial charge in [0.15, 0.2) is 11.9 Å². The van der Waals surface area contributed by atoms with E-state index >= 15 is 0 Å². The van der Waals surface area contributed by atoms with E-state index in [1.54, 1.807) is 42.5 Å². The average molecular weight is 481 g/mol. The molecule has 0 aliphatic carbocycles. The van der Waals surface area contributed by atoms with E-state index < -0.39 is 17.5 Å². The molecular weight excluding hydrogens is 468 g/mol. The molecule has 2 aliphatic rings. The lowest BCUT2D eigenvalue weighted by Gasteiger charge is -2.37. The van der Waals surface area contributed by atoms with Gasteiger partial charge in [0.2, 0.25) is 0 Å². The normalized spacial score (nSPS) is 17.8. The van der Waals surface area contributed by atoms with Gasteiger partial charge in [0.1, 0.15) is 28.3 Å². The fourth-order valence-corrected chi connectivity index (χ4v) is 4.18. The highest BCUT2D eigenvalue weighted by atomic mass is 79.9. The molecule has 8 heteroatoms. The van der Waals surface area contributed by atoms with Gasteiger partial charge in [-0.2, -0.15) is 0 Å².